The molecule has 1 saturated heterocycles. The summed E-state index contributed by atoms with van der Waals surface area (Å²) in [5.41, 5.74) is 0. The Hall–Kier alpha value is -2.20. The summed E-state index contributed by atoms with van der Waals surface area (Å²) in [5.74, 6) is -2.87. The van der Waals surface area contributed by atoms with E-state index in [1.165, 1.54) is 0 Å². The molecule has 0 aromatic rings. The van der Waals surface area contributed by atoms with Crippen LogP contribution in [0.1, 0.15) is 27.7 Å². The molecule has 0 aromatic heterocycles. The van der Waals surface area contributed by atoms with Crippen molar-refractivity contribution in [1.29, 1.82) is 0 Å². The van der Waals surface area contributed by atoms with E-state index >= 15 is 0 Å². The molecule has 1 N–H and O–H groups in total. The summed E-state index contributed by atoms with van der Waals surface area (Å²) < 4.78 is 25.0. The number of hydrogen-bond donors (Lipinski definition) is 1. The minimum Gasteiger partial charge on any atom is -0.463 e. The summed E-state index contributed by atoms with van der Waals surface area (Å²) in [6.45, 7) is 4.09. The summed E-state index contributed by atoms with van der Waals surface area (Å²) in [4.78, 5) is 44.7. The maximum atomic E-state index is 11.3. The van der Waals surface area contributed by atoms with Gasteiger partial charge in [-0.25, -0.2) is 0 Å². The van der Waals surface area contributed by atoms with E-state index in [1.54, 1.807) is 0 Å². The van der Waals surface area contributed by atoms with E-state index in [-0.39, 0.29) is 6.61 Å². The number of esters is 4. The van der Waals surface area contributed by atoms with Gasteiger partial charge in [0.25, 0.3) is 0 Å². The van der Waals surface area contributed by atoms with Gasteiger partial charge < -0.3 is 28.8 Å². The predicted octanol–water partition coefficient (Wildman–Crippen LogP) is -0.938. The smallest absolute Gasteiger partial charge is 0.305 e. The zero-order chi connectivity index (χ0) is 18.4. The van der Waals surface area contributed by atoms with Crippen molar-refractivity contribution in [1.82, 2.24) is 0 Å². The average Bonchev–Trinajstić information content (AvgIpc) is 2.42. The Labute approximate surface area is 137 Å². The van der Waals surface area contributed by atoms with Crippen LogP contribution in [0.2, 0.25) is 0 Å². The molecule has 0 bridgehead atoms. The van der Waals surface area contributed by atoms with E-state index < -0.39 is 54.6 Å². The minimum absolute atomic E-state index is 0.366. The largest absolute Gasteiger partial charge is 0.463 e. The number of rotatable bonds is 5. The number of aliphatic hydroxyl groups is 1. The van der Waals surface area contributed by atoms with Crippen molar-refractivity contribution in [3.05, 3.63) is 0 Å². The quantitative estimate of drug-likeness (QED) is 0.490. The molecule has 1 aliphatic heterocycles. The van der Waals surface area contributed by atoms with Crippen molar-refractivity contribution in [3.8, 4) is 0 Å². The third-order valence-electron chi connectivity index (χ3n) is 2.95. The summed E-state index contributed by atoms with van der Waals surface area (Å²) in [6, 6.07) is 0. The van der Waals surface area contributed by atoms with Crippen molar-refractivity contribution in [3.63, 3.8) is 0 Å². The van der Waals surface area contributed by atoms with E-state index in [4.69, 9.17) is 23.7 Å². The Bertz CT molecular complexity index is 486. The predicted molar refractivity (Wildman–Crippen MR) is 74.2 cm³/mol. The molecule has 0 radical (unpaired) electrons. The molecule has 10 nitrogen and oxygen atoms in total. The topological polar surface area (TPSA) is 135 Å². The lowest BCUT2D eigenvalue weighted by molar-refractivity contribution is -0.297. The second-order valence-corrected chi connectivity index (χ2v) is 5.09. The molecule has 1 aliphatic rings. The molecule has 0 amide bonds. The molecule has 5 atom stereocenters. The second-order valence-electron chi connectivity index (χ2n) is 5.09. The minimum atomic E-state index is -1.60. The van der Waals surface area contributed by atoms with Crippen molar-refractivity contribution in [2.75, 3.05) is 6.61 Å². The standard InChI is InChI=1S/C14H20O10/c1-6(15)20-5-10-12(21-7(2)16)13(22-8(3)17)11(19)14(24-10)23-9(4)18/h10-14,19H,5H2,1-4H3/t10-,11+,12+,13+,14-/m1/s1. The maximum Gasteiger partial charge on any atom is 0.305 e. The molecule has 0 aliphatic carbocycles. The van der Waals surface area contributed by atoms with Crippen molar-refractivity contribution in [2.45, 2.75) is 58.4 Å². The molecule has 10 heteroatoms. The van der Waals surface area contributed by atoms with Crippen LogP contribution in [0.4, 0.5) is 0 Å². The fraction of sp³-hybridized carbons (Fsp3) is 0.714. The van der Waals surface area contributed by atoms with Gasteiger partial charge >= 0.3 is 23.9 Å². The van der Waals surface area contributed by atoms with Crippen LogP contribution < -0.4 is 0 Å². The lowest BCUT2D eigenvalue weighted by Crippen LogP contribution is -2.62. The van der Waals surface area contributed by atoms with Crippen LogP contribution >= 0.6 is 0 Å². The first-order chi connectivity index (χ1) is 11.1. The van der Waals surface area contributed by atoms with Crippen LogP contribution in [0.3, 0.4) is 0 Å². The third kappa shape index (κ3) is 5.78. The number of carbonyl (C=O) groups is 4. The van der Waals surface area contributed by atoms with Gasteiger partial charge in [-0.2, -0.15) is 0 Å². The lowest BCUT2D eigenvalue weighted by Gasteiger charge is -2.42. The van der Waals surface area contributed by atoms with Gasteiger partial charge in [0, 0.05) is 27.7 Å². The van der Waals surface area contributed by atoms with E-state index in [9.17, 15) is 24.3 Å². The highest BCUT2D eigenvalue weighted by atomic mass is 16.7. The van der Waals surface area contributed by atoms with Crippen LogP contribution in [0, 0.1) is 0 Å². The van der Waals surface area contributed by atoms with Gasteiger partial charge in [-0.15, -0.1) is 0 Å². The van der Waals surface area contributed by atoms with Gasteiger partial charge in [0.05, 0.1) is 0 Å². The Morgan fingerprint density at radius 1 is 0.833 bits per heavy atom. The fourth-order valence-corrected chi connectivity index (χ4v) is 2.15. The van der Waals surface area contributed by atoms with Gasteiger partial charge in [-0.1, -0.05) is 0 Å². The normalized spacial score (nSPS) is 29.3. The first kappa shape index (κ1) is 19.8. The van der Waals surface area contributed by atoms with Crippen LogP contribution in [0.5, 0.6) is 0 Å². The molecule has 0 saturated carbocycles. The molecule has 136 valence electrons. The molecule has 24 heavy (non-hydrogen) atoms. The van der Waals surface area contributed by atoms with E-state index in [1.807, 2.05) is 0 Å². The van der Waals surface area contributed by atoms with Crippen LogP contribution in [0.25, 0.3) is 0 Å². The molecular weight excluding hydrogens is 328 g/mol. The first-order valence-electron chi connectivity index (χ1n) is 7.10. The third-order valence-corrected chi connectivity index (χ3v) is 2.95. The van der Waals surface area contributed by atoms with Gasteiger partial charge in [0.15, 0.2) is 18.3 Å². The summed E-state index contributed by atoms with van der Waals surface area (Å²) in [6.07, 6.45) is -6.83. The number of hydrogen-bond acceptors (Lipinski definition) is 10. The fourth-order valence-electron chi connectivity index (χ4n) is 2.15. The Kier molecular flexibility index (Phi) is 7.11. The van der Waals surface area contributed by atoms with Crippen molar-refractivity contribution >= 4 is 23.9 Å². The Balaban J connectivity index is 3.08. The highest BCUT2D eigenvalue weighted by Crippen LogP contribution is 2.27. The second kappa shape index (κ2) is 8.60. The molecular formula is C14H20O10. The highest BCUT2D eigenvalue weighted by Gasteiger charge is 2.51. The number of carbonyl (C=O) groups excluding carboxylic acids is 4. The highest BCUT2D eigenvalue weighted by molar-refractivity contribution is 5.68. The van der Waals surface area contributed by atoms with Crippen molar-refractivity contribution < 1.29 is 48.0 Å². The zero-order valence-corrected chi connectivity index (χ0v) is 13.7. The molecule has 1 heterocycles. The summed E-state index contributed by atoms with van der Waals surface area (Å²) in [7, 11) is 0. The number of aliphatic hydroxyl groups excluding tert-OH is 1. The monoisotopic (exact) mass is 348 g/mol. The van der Waals surface area contributed by atoms with Gasteiger partial charge in [-0.05, 0) is 0 Å². The maximum absolute atomic E-state index is 11.3. The SMILES string of the molecule is CC(=O)OC[C@H]1O[C@@H](OC(C)=O)[C@@H](O)[C@H](OC(C)=O)[C@H]1OC(C)=O. The van der Waals surface area contributed by atoms with E-state index in [0.717, 1.165) is 27.7 Å². The van der Waals surface area contributed by atoms with Crippen molar-refractivity contribution in [2.24, 2.45) is 0 Å². The molecule has 0 spiro atoms. The molecule has 1 fully saturated rings. The Morgan fingerprint density at radius 2 is 1.33 bits per heavy atom. The van der Waals surface area contributed by atoms with Gasteiger partial charge in [0.1, 0.15) is 12.7 Å². The zero-order valence-electron chi connectivity index (χ0n) is 13.7. The Morgan fingerprint density at radius 3 is 1.79 bits per heavy atom. The van der Waals surface area contributed by atoms with E-state index in [0.29, 0.717) is 0 Å². The first-order valence-corrected chi connectivity index (χ1v) is 7.10. The van der Waals surface area contributed by atoms with E-state index in [2.05, 4.69) is 0 Å². The van der Waals surface area contributed by atoms with Crippen LogP contribution in [-0.2, 0) is 42.9 Å². The summed E-state index contributed by atoms with van der Waals surface area (Å²) >= 11 is 0. The van der Waals surface area contributed by atoms with Crippen LogP contribution in [0.15, 0.2) is 0 Å². The van der Waals surface area contributed by atoms with Gasteiger partial charge in [-0.3, -0.25) is 19.2 Å². The molecule has 0 unspecified atom stereocenters. The number of ether oxygens (including phenoxy) is 5. The van der Waals surface area contributed by atoms with Gasteiger partial charge in [0.2, 0.25) is 6.29 Å². The van der Waals surface area contributed by atoms with Crippen LogP contribution in [-0.4, -0.2) is 66.3 Å². The molecule has 0 aromatic carbocycles. The lowest BCUT2D eigenvalue weighted by atomic mass is 9.98. The molecule has 1 rings (SSSR count). The average molecular weight is 348 g/mol. The summed E-state index contributed by atoms with van der Waals surface area (Å²) in [5, 5.41) is 10.2.